The van der Waals surface area contributed by atoms with E-state index in [9.17, 15) is 18.0 Å². The van der Waals surface area contributed by atoms with Crippen LogP contribution in [0.4, 0.5) is 13.2 Å². The number of carbonyl (C=O) groups is 1. The van der Waals surface area contributed by atoms with Crippen molar-refractivity contribution in [2.75, 3.05) is 13.7 Å². The number of methoxy groups -OCH3 is 1. The topological polar surface area (TPSA) is 87.5 Å². The molecule has 0 saturated carbocycles. The number of pyridine rings is 1. The Morgan fingerprint density at radius 3 is 2.79 bits per heavy atom. The lowest BCUT2D eigenvalue weighted by atomic mass is 10.1. The molecule has 1 N–H and O–H groups in total. The largest absolute Gasteiger partial charge is 0.573 e. The summed E-state index contributed by atoms with van der Waals surface area (Å²) in [6.07, 6.45) is 0.757. The van der Waals surface area contributed by atoms with E-state index in [1.165, 1.54) is 18.2 Å². The third-order valence-corrected chi connectivity index (χ3v) is 5.28. The molecule has 1 amide bonds. The van der Waals surface area contributed by atoms with Crippen LogP contribution in [0.1, 0.15) is 41.5 Å². The number of nitrogens with one attached hydrogen (secondary N) is 1. The minimum absolute atomic E-state index is 0.0146. The summed E-state index contributed by atoms with van der Waals surface area (Å²) in [5, 5.41) is 7.24. The Kier molecular flexibility index (Phi) is 7.01. The van der Waals surface area contributed by atoms with Gasteiger partial charge >= 0.3 is 6.36 Å². The van der Waals surface area contributed by atoms with Gasteiger partial charge in [-0.1, -0.05) is 12.1 Å². The Morgan fingerprint density at radius 1 is 1.24 bits per heavy atom. The second-order valence-electron chi connectivity index (χ2n) is 7.59. The molecule has 1 aromatic carbocycles. The molecule has 4 rings (SSSR count). The maximum absolute atomic E-state index is 12.7. The first-order valence-electron chi connectivity index (χ1n) is 10.7. The molecule has 1 atom stereocenters. The van der Waals surface area contributed by atoms with Gasteiger partial charge in [-0.15, -0.1) is 13.2 Å². The number of alkyl halides is 3. The molecular formula is C23H23F3N4O4. The second-order valence-corrected chi connectivity index (χ2v) is 7.59. The fourth-order valence-electron chi connectivity index (χ4n) is 3.76. The number of hydrogen-bond donors (Lipinski definition) is 1. The first-order chi connectivity index (χ1) is 16.4. The van der Waals surface area contributed by atoms with E-state index in [2.05, 4.69) is 20.1 Å². The number of rotatable bonds is 7. The highest BCUT2D eigenvalue weighted by Crippen LogP contribution is 2.34. The van der Waals surface area contributed by atoms with Gasteiger partial charge in [-0.3, -0.25) is 9.78 Å². The van der Waals surface area contributed by atoms with Gasteiger partial charge in [0.15, 0.2) is 6.23 Å². The van der Waals surface area contributed by atoms with E-state index < -0.39 is 18.0 Å². The molecular weight excluding hydrogens is 453 g/mol. The Bertz CT molecular complexity index is 1140. The number of aromatic nitrogens is 3. The summed E-state index contributed by atoms with van der Waals surface area (Å²) in [6, 6.07) is 8.75. The Labute approximate surface area is 193 Å². The highest BCUT2D eigenvalue weighted by Gasteiger charge is 2.33. The van der Waals surface area contributed by atoms with Crippen molar-refractivity contribution in [1.82, 2.24) is 20.1 Å². The van der Waals surface area contributed by atoms with Crippen molar-refractivity contribution in [2.45, 2.75) is 38.4 Å². The molecule has 1 unspecified atom stereocenters. The quantitative estimate of drug-likeness (QED) is 0.541. The van der Waals surface area contributed by atoms with E-state index in [1.807, 2.05) is 0 Å². The number of para-hydroxylation sites is 1. The van der Waals surface area contributed by atoms with Crippen molar-refractivity contribution in [3.05, 3.63) is 60.0 Å². The minimum Gasteiger partial charge on any atom is -0.494 e. The zero-order chi connectivity index (χ0) is 24.1. The first-order valence-corrected chi connectivity index (χ1v) is 10.7. The average molecular weight is 476 g/mol. The van der Waals surface area contributed by atoms with Gasteiger partial charge in [0.1, 0.15) is 11.5 Å². The van der Waals surface area contributed by atoms with Crippen LogP contribution >= 0.6 is 0 Å². The molecule has 34 heavy (non-hydrogen) atoms. The Hall–Kier alpha value is -3.60. The molecule has 0 radical (unpaired) electrons. The number of hydrogen-bond acceptors (Lipinski definition) is 6. The van der Waals surface area contributed by atoms with E-state index in [-0.39, 0.29) is 18.3 Å². The van der Waals surface area contributed by atoms with Crippen LogP contribution in [-0.2, 0) is 11.3 Å². The van der Waals surface area contributed by atoms with Crippen molar-refractivity contribution in [3.8, 4) is 22.8 Å². The van der Waals surface area contributed by atoms with Crippen molar-refractivity contribution in [1.29, 1.82) is 0 Å². The highest BCUT2D eigenvalue weighted by atomic mass is 19.4. The van der Waals surface area contributed by atoms with Crippen LogP contribution in [0, 0.1) is 0 Å². The maximum Gasteiger partial charge on any atom is 0.573 e. The molecule has 3 aromatic rings. The SMILES string of the molecule is COc1cnccc1-c1cc(CNC(=O)c2ccccc2OC(F)(F)F)nn1C1CCCCO1. The number of benzene rings is 1. The lowest BCUT2D eigenvalue weighted by Crippen LogP contribution is -2.26. The van der Waals surface area contributed by atoms with Gasteiger partial charge in [-0.25, -0.2) is 4.68 Å². The standard InChI is InChI=1S/C23H23F3N4O4/c1-32-20-14-27-10-9-16(20)18-12-15(29-30(18)21-8-4-5-11-33-21)13-28-22(31)17-6-2-3-7-19(17)34-23(24,25)26/h2-3,6-7,9-10,12,14,21H,4-5,8,11,13H2,1H3,(H,28,31). The zero-order valence-corrected chi connectivity index (χ0v) is 18.3. The number of amides is 1. The highest BCUT2D eigenvalue weighted by molar-refractivity contribution is 5.96. The van der Waals surface area contributed by atoms with Crippen LogP contribution < -0.4 is 14.8 Å². The average Bonchev–Trinajstić information content (AvgIpc) is 3.26. The van der Waals surface area contributed by atoms with E-state index in [1.54, 1.807) is 36.3 Å². The summed E-state index contributed by atoms with van der Waals surface area (Å²) in [4.78, 5) is 16.7. The molecule has 3 heterocycles. The lowest BCUT2D eigenvalue weighted by molar-refractivity contribution is -0.274. The summed E-state index contributed by atoms with van der Waals surface area (Å²) in [6.45, 7) is 0.596. The molecule has 1 aliphatic heterocycles. The smallest absolute Gasteiger partial charge is 0.494 e. The summed E-state index contributed by atoms with van der Waals surface area (Å²) in [7, 11) is 1.54. The summed E-state index contributed by atoms with van der Waals surface area (Å²) >= 11 is 0. The minimum atomic E-state index is -4.91. The maximum atomic E-state index is 12.7. The van der Waals surface area contributed by atoms with Crippen LogP contribution in [0.25, 0.3) is 11.3 Å². The van der Waals surface area contributed by atoms with E-state index in [0.717, 1.165) is 36.6 Å². The molecule has 1 aliphatic rings. The summed E-state index contributed by atoms with van der Waals surface area (Å²) in [5.41, 5.74) is 1.74. The second kappa shape index (κ2) is 10.1. The van der Waals surface area contributed by atoms with Gasteiger partial charge in [-0.2, -0.15) is 5.10 Å². The molecule has 1 fully saturated rings. The molecule has 11 heteroatoms. The third-order valence-electron chi connectivity index (χ3n) is 5.28. The first kappa shape index (κ1) is 23.6. The zero-order valence-electron chi connectivity index (χ0n) is 18.3. The van der Waals surface area contributed by atoms with Gasteiger partial charge in [0.25, 0.3) is 5.91 Å². The normalized spacial score (nSPS) is 16.2. The molecule has 0 spiro atoms. The van der Waals surface area contributed by atoms with E-state index in [4.69, 9.17) is 9.47 Å². The van der Waals surface area contributed by atoms with Gasteiger partial charge in [0.2, 0.25) is 0 Å². The number of halogens is 3. The van der Waals surface area contributed by atoms with E-state index >= 15 is 0 Å². The van der Waals surface area contributed by atoms with Gasteiger partial charge in [0, 0.05) is 18.4 Å². The van der Waals surface area contributed by atoms with E-state index in [0.29, 0.717) is 18.1 Å². The molecule has 2 aromatic heterocycles. The van der Waals surface area contributed by atoms with Crippen molar-refractivity contribution >= 4 is 5.91 Å². The van der Waals surface area contributed by atoms with Gasteiger partial charge < -0.3 is 19.5 Å². The molecule has 0 aliphatic carbocycles. The van der Waals surface area contributed by atoms with Crippen molar-refractivity contribution in [3.63, 3.8) is 0 Å². The Morgan fingerprint density at radius 2 is 2.06 bits per heavy atom. The molecule has 8 nitrogen and oxygen atoms in total. The number of carbonyl (C=O) groups excluding carboxylic acids is 1. The summed E-state index contributed by atoms with van der Waals surface area (Å²) in [5.74, 6) is -0.740. The van der Waals surface area contributed by atoms with Crippen LogP contribution in [-0.4, -0.2) is 40.8 Å². The molecule has 180 valence electrons. The fraction of sp³-hybridized carbons (Fsp3) is 0.348. The third kappa shape index (κ3) is 5.48. The molecule has 1 saturated heterocycles. The number of ether oxygens (including phenoxy) is 3. The monoisotopic (exact) mass is 476 g/mol. The van der Waals surface area contributed by atoms with Crippen LogP contribution in [0.3, 0.4) is 0 Å². The van der Waals surface area contributed by atoms with Crippen molar-refractivity contribution in [2.24, 2.45) is 0 Å². The van der Waals surface area contributed by atoms with Gasteiger partial charge in [0.05, 0.1) is 36.8 Å². The lowest BCUT2D eigenvalue weighted by Gasteiger charge is -2.24. The van der Waals surface area contributed by atoms with Crippen LogP contribution in [0.15, 0.2) is 48.8 Å². The molecule has 0 bridgehead atoms. The van der Waals surface area contributed by atoms with Gasteiger partial charge in [-0.05, 0) is 43.5 Å². The number of nitrogens with zero attached hydrogens (tertiary/aromatic N) is 3. The summed E-state index contributed by atoms with van der Waals surface area (Å²) < 4.78 is 55.1. The van der Waals surface area contributed by atoms with Crippen LogP contribution in [0.2, 0.25) is 0 Å². The predicted octanol–water partition coefficient (Wildman–Crippen LogP) is 4.48. The predicted molar refractivity (Wildman–Crippen MR) is 115 cm³/mol. The van der Waals surface area contributed by atoms with Crippen molar-refractivity contribution < 1.29 is 32.2 Å². The fourth-order valence-corrected chi connectivity index (χ4v) is 3.76. The Balaban J connectivity index is 1.59. The van der Waals surface area contributed by atoms with Crippen LogP contribution in [0.5, 0.6) is 11.5 Å².